The summed E-state index contributed by atoms with van der Waals surface area (Å²) < 4.78 is 1.76. The molecular weight excluding hydrogens is 324 g/mol. The number of hydrogen-bond acceptors (Lipinski definition) is 4. The van der Waals surface area contributed by atoms with Crippen LogP contribution in [0.15, 0.2) is 0 Å². The number of aliphatic hydroxyl groups is 1. The number of piperazine rings is 1. The summed E-state index contributed by atoms with van der Waals surface area (Å²) in [4.78, 5) is 5.17. The minimum atomic E-state index is 0.272. The molecule has 1 aliphatic carbocycles. The molecule has 1 saturated heterocycles. The predicted molar refractivity (Wildman–Crippen MR) is 97.3 cm³/mol. The normalized spacial score (nSPS) is 24.6. The molecule has 0 aromatic carbocycles. The van der Waals surface area contributed by atoms with Crippen molar-refractivity contribution in [1.82, 2.24) is 19.6 Å². The van der Waals surface area contributed by atoms with Crippen molar-refractivity contribution in [1.29, 1.82) is 0 Å². The van der Waals surface area contributed by atoms with Crippen LogP contribution >= 0.6 is 11.6 Å². The maximum Gasteiger partial charge on any atom is 0.131 e. The van der Waals surface area contributed by atoms with Crippen molar-refractivity contribution < 1.29 is 5.11 Å². The molecule has 3 rings (SSSR count). The van der Waals surface area contributed by atoms with Crippen LogP contribution in [0.5, 0.6) is 0 Å². The van der Waals surface area contributed by atoms with Gasteiger partial charge in [0.2, 0.25) is 0 Å². The molecule has 0 unspecified atom stereocenters. The van der Waals surface area contributed by atoms with Crippen LogP contribution in [0.25, 0.3) is 0 Å². The van der Waals surface area contributed by atoms with Gasteiger partial charge in [-0.1, -0.05) is 30.9 Å². The van der Waals surface area contributed by atoms with Crippen molar-refractivity contribution in [3.63, 3.8) is 0 Å². The first-order chi connectivity index (χ1) is 11.6. The molecule has 0 amide bonds. The third-order valence-corrected chi connectivity index (χ3v) is 6.24. The first-order valence-electron chi connectivity index (χ1n) is 9.37. The minimum absolute atomic E-state index is 0.272. The molecule has 24 heavy (non-hydrogen) atoms. The zero-order chi connectivity index (χ0) is 17.1. The quantitative estimate of drug-likeness (QED) is 0.882. The monoisotopic (exact) mass is 354 g/mol. The molecule has 1 N–H and O–H groups in total. The van der Waals surface area contributed by atoms with Crippen molar-refractivity contribution in [3.8, 4) is 0 Å². The Labute approximate surface area is 150 Å². The van der Waals surface area contributed by atoms with E-state index < -0.39 is 0 Å². The molecule has 1 aromatic rings. The first kappa shape index (κ1) is 18.2. The SMILES string of the molecule is Cc1nn(C)c(Cl)c1CN1CCN(C2CCCCC2)[C@@H](CCO)C1. The number of halogens is 1. The van der Waals surface area contributed by atoms with Crippen molar-refractivity contribution in [2.75, 3.05) is 26.2 Å². The van der Waals surface area contributed by atoms with Crippen LogP contribution < -0.4 is 0 Å². The first-order valence-corrected chi connectivity index (χ1v) is 9.75. The van der Waals surface area contributed by atoms with E-state index >= 15 is 0 Å². The minimum Gasteiger partial charge on any atom is -0.396 e. The third kappa shape index (κ3) is 3.96. The highest BCUT2D eigenvalue weighted by atomic mass is 35.5. The molecule has 2 heterocycles. The van der Waals surface area contributed by atoms with Crippen molar-refractivity contribution in [3.05, 3.63) is 16.4 Å². The molecule has 1 aliphatic heterocycles. The molecule has 5 nitrogen and oxygen atoms in total. The van der Waals surface area contributed by atoms with Crippen molar-refractivity contribution >= 4 is 11.6 Å². The van der Waals surface area contributed by atoms with Gasteiger partial charge in [0, 0.05) is 57.5 Å². The van der Waals surface area contributed by atoms with E-state index in [0.717, 1.165) is 55.1 Å². The number of aliphatic hydroxyl groups excluding tert-OH is 1. The molecule has 0 bridgehead atoms. The molecular formula is C18H31ClN4O. The number of aromatic nitrogens is 2. The molecule has 1 atom stereocenters. The third-order valence-electron chi connectivity index (χ3n) is 5.77. The zero-order valence-corrected chi connectivity index (χ0v) is 15.8. The second-order valence-corrected chi connectivity index (χ2v) is 7.77. The fourth-order valence-electron chi connectivity index (χ4n) is 4.45. The van der Waals surface area contributed by atoms with Crippen LogP contribution in [-0.4, -0.2) is 63.0 Å². The van der Waals surface area contributed by atoms with E-state index in [-0.39, 0.29) is 6.61 Å². The lowest BCUT2D eigenvalue weighted by atomic mass is 9.91. The van der Waals surface area contributed by atoms with E-state index in [2.05, 4.69) is 14.9 Å². The van der Waals surface area contributed by atoms with Crippen LogP contribution in [0.3, 0.4) is 0 Å². The Kier molecular flexibility index (Phi) is 6.19. The van der Waals surface area contributed by atoms with E-state index in [1.165, 1.54) is 32.1 Å². The van der Waals surface area contributed by atoms with Gasteiger partial charge in [0.15, 0.2) is 0 Å². The molecule has 1 saturated carbocycles. The van der Waals surface area contributed by atoms with E-state index in [9.17, 15) is 5.11 Å². The summed E-state index contributed by atoms with van der Waals surface area (Å²) in [5, 5.41) is 14.7. The van der Waals surface area contributed by atoms with Gasteiger partial charge in [0.05, 0.1) is 5.69 Å². The molecule has 6 heteroatoms. The second-order valence-electron chi connectivity index (χ2n) is 7.41. The maximum atomic E-state index is 9.52. The summed E-state index contributed by atoms with van der Waals surface area (Å²) in [6.07, 6.45) is 7.64. The molecule has 0 spiro atoms. The summed E-state index contributed by atoms with van der Waals surface area (Å²) in [6, 6.07) is 1.18. The number of nitrogens with zero attached hydrogens (tertiary/aromatic N) is 4. The Morgan fingerprint density at radius 3 is 2.58 bits per heavy atom. The van der Waals surface area contributed by atoms with Crippen LogP contribution in [0.4, 0.5) is 0 Å². The highest BCUT2D eigenvalue weighted by Gasteiger charge is 2.32. The van der Waals surface area contributed by atoms with Gasteiger partial charge in [-0.25, -0.2) is 0 Å². The van der Waals surface area contributed by atoms with Crippen molar-refractivity contribution in [2.24, 2.45) is 7.05 Å². The Morgan fingerprint density at radius 2 is 1.96 bits per heavy atom. The van der Waals surface area contributed by atoms with Gasteiger partial charge in [0.25, 0.3) is 0 Å². The Hall–Kier alpha value is -0.620. The highest BCUT2D eigenvalue weighted by Crippen LogP contribution is 2.28. The lowest BCUT2D eigenvalue weighted by molar-refractivity contribution is 0.0136. The van der Waals surface area contributed by atoms with Crippen LogP contribution in [0.2, 0.25) is 5.15 Å². The largest absolute Gasteiger partial charge is 0.396 e. The predicted octanol–water partition coefficient (Wildman–Crippen LogP) is 2.58. The topological polar surface area (TPSA) is 44.5 Å². The number of rotatable bonds is 5. The lowest BCUT2D eigenvalue weighted by Crippen LogP contribution is -2.56. The summed E-state index contributed by atoms with van der Waals surface area (Å²) in [6.45, 7) is 6.36. The second kappa shape index (κ2) is 8.17. The molecule has 2 aliphatic rings. The van der Waals surface area contributed by atoms with E-state index in [4.69, 9.17) is 11.6 Å². The van der Waals surface area contributed by atoms with E-state index in [1.807, 2.05) is 14.0 Å². The van der Waals surface area contributed by atoms with Crippen LogP contribution in [0.1, 0.15) is 49.8 Å². The van der Waals surface area contributed by atoms with Gasteiger partial charge in [-0.15, -0.1) is 0 Å². The van der Waals surface area contributed by atoms with Gasteiger partial charge in [-0.2, -0.15) is 5.10 Å². The van der Waals surface area contributed by atoms with Gasteiger partial charge in [-0.3, -0.25) is 14.5 Å². The van der Waals surface area contributed by atoms with Gasteiger partial charge in [-0.05, 0) is 26.2 Å². The number of hydrogen-bond donors (Lipinski definition) is 1. The molecule has 0 radical (unpaired) electrons. The summed E-state index contributed by atoms with van der Waals surface area (Å²) in [5.41, 5.74) is 2.17. The molecule has 136 valence electrons. The van der Waals surface area contributed by atoms with Crippen LogP contribution in [0, 0.1) is 6.92 Å². The van der Waals surface area contributed by atoms with Gasteiger partial charge in [0.1, 0.15) is 5.15 Å². The highest BCUT2D eigenvalue weighted by molar-refractivity contribution is 6.30. The Balaban J connectivity index is 1.65. The molecule has 1 aromatic heterocycles. The Bertz CT molecular complexity index is 541. The van der Waals surface area contributed by atoms with E-state index in [1.54, 1.807) is 4.68 Å². The maximum absolute atomic E-state index is 9.52. The fraction of sp³-hybridized carbons (Fsp3) is 0.833. The lowest BCUT2D eigenvalue weighted by Gasteiger charge is -2.46. The van der Waals surface area contributed by atoms with Crippen molar-refractivity contribution in [2.45, 2.75) is 64.1 Å². The summed E-state index contributed by atoms with van der Waals surface area (Å²) in [7, 11) is 1.90. The average Bonchev–Trinajstić information content (AvgIpc) is 2.82. The molecule has 2 fully saturated rings. The van der Waals surface area contributed by atoms with E-state index in [0.29, 0.717) is 6.04 Å². The fourth-order valence-corrected chi connectivity index (χ4v) is 4.69. The standard InChI is InChI=1S/C18H31ClN4O/c1-14-17(18(19)21(2)20-14)13-22-9-10-23(16(12-22)8-11-24)15-6-4-3-5-7-15/h15-16,24H,3-13H2,1-2H3/t16-/m0/s1. The average molecular weight is 355 g/mol. The van der Waals surface area contributed by atoms with Gasteiger partial charge >= 0.3 is 0 Å². The smallest absolute Gasteiger partial charge is 0.131 e. The van der Waals surface area contributed by atoms with Gasteiger partial charge < -0.3 is 5.11 Å². The summed E-state index contributed by atoms with van der Waals surface area (Å²) in [5.74, 6) is 0. The summed E-state index contributed by atoms with van der Waals surface area (Å²) >= 11 is 6.40. The van der Waals surface area contributed by atoms with Crippen LogP contribution in [-0.2, 0) is 13.6 Å². The number of aryl methyl sites for hydroxylation is 2. The Morgan fingerprint density at radius 1 is 1.21 bits per heavy atom. The zero-order valence-electron chi connectivity index (χ0n) is 15.0.